The maximum atomic E-state index is 12.7. The van der Waals surface area contributed by atoms with Crippen LogP contribution in [0.1, 0.15) is 213 Å². The van der Waals surface area contributed by atoms with Gasteiger partial charge < -0.3 is 28.8 Å². The number of hydrogen-bond donors (Lipinski definition) is 2. The number of unbranched alkanes of at least 4 members (excludes halogenated alkanes) is 27. The summed E-state index contributed by atoms with van der Waals surface area (Å²) >= 11 is 0. The summed E-state index contributed by atoms with van der Waals surface area (Å²) in [6.45, 7) is 4.56. The number of aliphatic hydroxyl groups excluding tert-OH is 1. The van der Waals surface area contributed by atoms with E-state index in [9.17, 15) is 19.4 Å². The normalized spacial score (nSPS) is 14.5. The van der Waals surface area contributed by atoms with Crippen molar-refractivity contribution in [3.05, 3.63) is 24.3 Å². The molecule has 0 rings (SSSR count). The number of phosphoric acid groups is 1. The molecule has 3 atom stereocenters. The van der Waals surface area contributed by atoms with Crippen LogP contribution in [0.5, 0.6) is 0 Å². The second kappa shape index (κ2) is 38.5. The van der Waals surface area contributed by atoms with Crippen molar-refractivity contribution in [3.63, 3.8) is 0 Å². The van der Waals surface area contributed by atoms with Crippen molar-refractivity contribution < 1.29 is 32.9 Å². The molecule has 0 radical (unpaired) electrons. The fourth-order valence-corrected chi connectivity index (χ4v) is 7.42. The van der Waals surface area contributed by atoms with Crippen LogP contribution in [-0.2, 0) is 18.4 Å². The van der Waals surface area contributed by atoms with Gasteiger partial charge in [0, 0.05) is 6.42 Å². The van der Waals surface area contributed by atoms with E-state index in [0.717, 1.165) is 38.5 Å². The number of allylic oxidation sites excluding steroid dienone is 3. The predicted molar refractivity (Wildman–Crippen MR) is 233 cm³/mol. The van der Waals surface area contributed by atoms with Crippen LogP contribution in [0.3, 0.4) is 0 Å². The van der Waals surface area contributed by atoms with Gasteiger partial charge in [0.15, 0.2) is 0 Å². The molecule has 0 saturated carbocycles. The molecular formula is C46H91N2O6P. The van der Waals surface area contributed by atoms with Gasteiger partial charge in [0.25, 0.3) is 7.82 Å². The zero-order valence-electron chi connectivity index (χ0n) is 36.9. The van der Waals surface area contributed by atoms with E-state index in [-0.39, 0.29) is 12.5 Å². The van der Waals surface area contributed by atoms with E-state index in [0.29, 0.717) is 17.4 Å². The van der Waals surface area contributed by atoms with E-state index in [1.54, 1.807) is 6.08 Å². The van der Waals surface area contributed by atoms with Gasteiger partial charge in [0.05, 0.1) is 39.9 Å². The van der Waals surface area contributed by atoms with Crippen molar-refractivity contribution in [2.45, 2.75) is 225 Å². The number of aliphatic hydroxyl groups is 1. The molecule has 55 heavy (non-hydrogen) atoms. The van der Waals surface area contributed by atoms with Gasteiger partial charge in [0.2, 0.25) is 5.91 Å². The number of nitrogens with zero attached hydrogens (tertiary/aromatic N) is 1. The molecule has 9 heteroatoms. The van der Waals surface area contributed by atoms with Crippen molar-refractivity contribution >= 4 is 13.7 Å². The number of likely N-dealkylation sites (N-methyl/N-ethyl adjacent to an activating group) is 1. The molecule has 8 nitrogen and oxygen atoms in total. The molecule has 0 aliphatic rings. The van der Waals surface area contributed by atoms with Crippen LogP contribution < -0.4 is 10.2 Å². The molecule has 0 saturated heterocycles. The Hall–Kier alpha value is -1.02. The lowest BCUT2D eigenvalue weighted by atomic mass is 10.0. The SMILES string of the molecule is CCCCCCCCCCCCCCCCCCCCCCC/C=C/CC/C=C/C(O)C(COP(=O)([O-])OCC[N+](C)(C)C)NC(=O)CCCCCCCC. The highest BCUT2D eigenvalue weighted by atomic mass is 31.2. The minimum atomic E-state index is -4.58. The Labute approximate surface area is 341 Å². The van der Waals surface area contributed by atoms with Gasteiger partial charge in [-0.1, -0.05) is 199 Å². The van der Waals surface area contributed by atoms with E-state index < -0.39 is 26.6 Å². The van der Waals surface area contributed by atoms with Crippen molar-refractivity contribution in [2.75, 3.05) is 40.9 Å². The van der Waals surface area contributed by atoms with Crippen LogP contribution in [0.4, 0.5) is 0 Å². The van der Waals surface area contributed by atoms with Gasteiger partial charge in [-0.25, -0.2) is 0 Å². The number of carbonyl (C=O) groups excluding carboxylic acids is 1. The summed E-state index contributed by atoms with van der Waals surface area (Å²) in [7, 11) is 1.25. The quantitative estimate of drug-likeness (QED) is 0.0276. The molecule has 0 aromatic carbocycles. The summed E-state index contributed by atoms with van der Waals surface area (Å²) in [5, 5.41) is 13.7. The molecule has 1 amide bonds. The van der Waals surface area contributed by atoms with Gasteiger partial charge in [-0.2, -0.15) is 0 Å². The van der Waals surface area contributed by atoms with Crippen LogP contribution in [0.25, 0.3) is 0 Å². The first-order chi connectivity index (χ1) is 26.5. The Morgan fingerprint density at radius 2 is 1.02 bits per heavy atom. The maximum absolute atomic E-state index is 12.7. The van der Waals surface area contributed by atoms with Crippen molar-refractivity contribution in [3.8, 4) is 0 Å². The average Bonchev–Trinajstić information content (AvgIpc) is 3.13. The third kappa shape index (κ3) is 41.0. The molecule has 3 unspecified atom stereocenters. The van der Waals surface area contributed by atoms with Gasteiger partial charge in [-0.15, -0.1) is 0 Å². The summed E-state index contributed by atoms with van der Waals surface area (Å²) in [6.07, 6.45) is 45.7. The summed E-state index contributed by atoms with van der Waals surface area (Å²) < 4.78 is 23.0. The molecule has 0 bridgehead atoms. The van der Waals surface area contributed by atoms with E-state index in [4.69, 9.17) is 9.05 Å². The average molecular weight is 799 g/mol. The van der Waals surface area contributed by atoms with E-state index in [1.807, 2.05) is 27.2 Å². The number of phosphoric ester groups is 1. The monoisotopic (exact) mass is 799 g/mol. The number of carbonyl (C=O) groups is 1. The number of rotatable bonds is 42. The summed E-state index contributed by atoms with van der Waals surface area (Å²) in [4.78, 5) is 25.0. The first-order valence-electron chi connectivity index (χ1n) is 23.2. The highest BCUT2D eigenvalue weighted by molar-refractivity contribution is 7.45. The second-order valence-electron chi connectivity index (χ2n) is 17.1. The lowest BCUT2D eigenvalue weighted by molar-refractivity contribution is -0.870. The van der Waals surface area contributed by atoms with Gasteiger partial charge in [0.1, 0.15) is 13.2 Å². The van der Waals surface area contributed by atoms with Crippen LogP contribution in [0, 0.1) is 0 Å². The minimum Gasteiger partial charge on any atom is -0.756 e. The summed E-state index contributed by atoms with van der Waals surface area (Å²) in [6, 6.07) is -0.896. The van der Waals surface area contributed by atoms with Crippen LogP contribution in [0.15, 0.2) is 24.3 Å². The summed E-state index contributed by atoms with van der Waals surface area (Å²) in [5.74, 6) is -0.216. The van der Waals surface area contributed by atoms with Crippen LogP contribution in [0.2, 0.25) is 0 Å². The Kier molecular flexibility index (Phi) is 37.8. The molecule has 0 aromatic rings. The number of quaternary nitrogens is 1. The Morgan fingerprint density at radius 1 is 0.618 bits per heavy atom. The van der Waals surface area contributed by atoms with E-state index in [2.05, 4.69) is 31.3 Å². The lowest BCUT2D eigenvalue weighted by Crippen LogP contribution is -2.45. The lowest BCUT2D eigenvalue weighted by Gasteiger charge is -2.29. The minimum absolute atomic E-state index is 0.00504. The molecule has 0 fully saturated rings. The highest BCUT2D eigenvalue weighted by Gasteiger charge is 2.23. The fourth-order valence-electron chi connectivity index (χ4n) is 6.70. The molecule has 326 valence electrons. The molecule has 0 aromatic heterocycles. The Balaban J connectivity index is 4.10. The third-order valence-corrected chi connectivity index (χ3v) is 11.4. The third-order valence-electron chi connectivity index (χ3n) is 10.4. The smallest absolute Gasteiger partial charge is 0.268 e. The zero-order chi connectivity index (χ0) is 40.7. The maximum Gasteiger partial charge on any atom is 0.268 e. The largest absolute Gasteiger partial charge is 0.756 e. The standard InChI is InChI=1S/C46H91N2O6P/c1-6-8-10-12-14-15-16-17-18-19-20-21-22-23-24-25-26-27-28-29-30-31-32-33-34-35-37-39-45(49)44(47-46(50)40-38-36-13-11-9-7-2)43-54-55(51,52)53-42-41-48(3,4)5/h32-33,37,39,44-45,49H,6-31,34-36,38,40-43H2,1-5H3,(H-,47,50,51,52)/b33-32+,39-37+. The van der Waals surface area contributed by atoms with Crippen LogP contribution >= 0.6 is 7.82 Å². The predicted octanol–water partition coefficient (Wildman–Crippen LogP) is 12.3. The van der Waals surface area contributed by atoms with Crippen molar-refractivity contribution in [1.82, 2.24) is 5.32 Å². The van der Waals surface area contributed by atoms with E-state index >= 15 is 0 Å². The molecule has 2 N–H and O–H groups in total. The fraction of sp³-hybridized carbons (Fsp3) is 0.891. The Bertz CT molecular complexity index is 953. The summed E-state index contributed by atoms with van der Waals surface area (Å²) in [5.41, 5.74) is 0. The molecule has 0 spiro atoms. The molecule has 0 heterocycles. The molecule has 0 aliphatic carbocycles. The first kappa shape index (κ1) is 54.0. The van der Waals surface area contributed by atoms with Crippen molar-refractivity contribution in [2.24, 2.45) is 0 Å². The first-order valence-corrected chi connectivity index (χ1v) is 24.7. The van der Waals surface area contributed by atoms with Crippen LogP contribution in [-0.4, -0.2) is 68.5 Å². The van der Waals surface area contributed by atoms with Gasteiger partial charge in [-0.05, 0) is 32.1 Å². The highest BCUT2D eigenvalue weighted by Crippen LogP contribution is 2.38. The number of hydrogen-bond acceptors (Lipinski definition) is 6. The number of amides is 1. The number of nitrogens with one attached hydrogen (secondary N) is 1. The molecular weight excluding hydrogens is 707 g/mol. The molecule has 0 aliphatic heterocycles. The van der Waals surface area contributed by atoms with E-state index in [1.165, 1.54) is 154 Å². The second-order valence-corrected chi connectivity index (χ2v) is 18.5. The zero-order valence-corrected chi connectivity index (χ0v) is 37.8. The van der Waals surface area contributed by atoms with Gasteiger partial charge >= 0.3 is 0 Å². The Morgan fingerprint density at radius 3 is 1.47 bits per heavy atom. The van der Waals surface area contributed by atoms with Gasteiger partial charge in [-0.3, -0.25) is 9.36 Å². The topological polar surface area (TPSA) is 108 Å². The van der Waals surface area contributed by atoms with Crippen molar-refractivity contribution in [1.29, 1.82) is 0 Å².